The number of hydrogen-bond acceptors (Lipinski definition) is 6. The van der Waals surface area contributed by atoms with Crippen molar-refractivity contribution in [3.63, 3.8) is 0 Å². The Hall–Kier alpha value is -2.14. The van der Waals surface area contributed by atoms with Crippen LogP contribution in [-0.2, 0) is 28.4 Å². The van der Waals surface area contributed by atoms with E-state index in [2.05, 4.69) is 10.00 Å². The van der Waals surface area contributed by atoms with Crippen molar-refractivity contribution in [3.05, 3.63) is 75.5 Å². The van der Waals surface area contributed by atoms with Crippen LogP contribution >= 0.6 is 23.2 Å². The van der Waals surface area contributed by atoms with E-state index in [1.807, 2.05) is 48.5 Å². The second-order valence-electron chi connectivity index (χ2n) is 8.74. The molecular weight excluding hydrogens is 523 g/mol. The Labute approximate surface area is 222 Å². The molecular formula is C25H30Cl2N4O4S. The van der Waals surface area contributed by atoms with E-state index >= 15 is 0 Å². The SMILES string of the molecule is COc1cccc([C@@H](CN2CCN(S(=O)(=O)c3c(C)nn(C)c3Cl)CC2)OCc2cccc(Cl)c2)c1. The minimum absolute atomic E-state index is 0.0826. The highest BCUT2D eigenvalue weighted by Crippen LogP contribution is 2.29. The molecule has 0 aliphatic carbocycles. The second kappa shape index (κ2) is 11.5. The van der Waals surface area contributed by atoms with Crippen molar-refractivity contribution in [1.29, 1.82) is 0 Å². The summed E-state index contributed by atoms with van der Waals surface area (Å²) in [7, 11) is -0.466. The number of ether oxygens (including phenoxy) is 2. The Balaban J connectivity index is 1.46. The highest BCUT2D eigenvalue weighted by Gasteiger charge is 2.34. The summed E-state index contributed by atoms with van der Waals surface area (Å²) in [4.78, 5) is 2.30. The van der Waals surface area contributed by atoms with Crippen LogP contribution in [0.3, 0.4) is 0 Å². The van der Waals surface area contributed by atoms with Gasteiger partial charge in [0.2, 0.25) is 10.0 Å². The zero-order chi connectivity index (χ0) is 25.9. The number of sulfonamides is 1. The zero-order valence-electron chi connectivity index (χ0n) is 20.5. The van der Waals surface area contributed by atoms with Gasteiger partial charge in [-0.1, -0.05) is 47.5 Å². The monoisotopic (exact) mass is 552 g/mol. The maximum atomic E-state index is 13.3. The minimum atomic E-state index is -3.73. The van der Waals surface area contributed by atoms with Crippen molar-refractivity contribution in [1.82, 2.24) is 19.0 Å². The summed E-state index contributed by atoms with van der Waals surface area (Å²) in [6.07, 6.45) is -0.239. The van der Waals surface area contributed by atoms with Crippen LogP contribution in [0.4, 0.5) is 0 Å². The molecule has 0 N–H and O–H groups in total. The normalized spacial score (nSPS) is 16.2. The molecule has 1 fully saturated rings. The predicted octanol–water partition coefficient (Wildman–Crippen LogP) is 4.31. The molecule has 0 spiro atoms. The van der Waals surface area contributed by atoms with Crippen molar-refractivity contribution in [2.75, 3.05) is 39.8 Å². The van der Waals surface area contributed by atoms with Gasteiger partial charge in [0.05, 0.1) is 25.5 Å². The Morgan fingerprint density at radius 3 is 2.42 bits per heavy atom. The van der Waals surface area contributed by atoms with Gasteiger partial charge >= 0.3 is 0 Å². The van der Waals surface area contributed by atoms with Crippen molar-refractivity contribution < 1.29 is 17.9 Å². The standard InChI is InChI=1S/C25H30Cl2N4O4S/c1-18-24(25(27)29(2)28-18)36(32,33)31-12-10-30(11-13-31)16-23(20-7-5-9-22(15-20)34-3)35-17-19-6-4-8-21(26)14-19/h4-9,14-15,23H,10-13,16-17H2,1-3H3/t23-/m1/s1. The van der Waals surface area contributed by atoms with Crippen LogP contribution < -0.4 is 4.74 Å². The quantitative estimate of drug-likeness (QED) is 0.393. The van der Waals surface area contributed by atoms with Gasteiger partial charge in [0.1, 0.15) is 15.8 Å². The van der Waals surface area contributed by atoms with Gasteiger partial charge in [-0.25, -0.2) is 8.42 Å². The van der Waals surface area contributed by atoms with Crippen molar-refractivity contribution in [2.24, 2.45) is 7.05 Å². The van der Waals surface area contributed by atoms with Gasteiger partial charge in [-0.05, 0) is 42.3 Å². The first kappa shape index (κ1) is 26.9. The van der Waals surface area contributed by atoms with Gasteiger partial charge in [0.25, 0.3) is 0 Å². The number of nitrogens with zero attached hydrogens (tertiary/aromatic N) is 4. The first-order valence-corrected chi connectivity index (χ1v) is 13.8. The molecule has 8 nitrogen and oxygen atoms in total. The molecule has 1 aliphatic heterocycles. The lowest BCUT2D eigenvalue weighted by molar-refractivity contribution is 0.00763. The molecule has 0 saturated carbocycles. The maximum absolute atomic E-state index is 13.3. The number of halogens is 2. The Morgan fingerprint density at radius 1 is 1.06 bits per heavy atom. The van der Waals surface area contributed by atoms with Crippen LogP contribution in [0.15, 0.2) is 53.4 Å². The molecule has 0 radical (unpaired) electrons. The summed E-state index contributed by atoms with van der Waals surface area (Å²) in [5.41, 5.74) is 2.37. The van der Waals surface area contributed by atoms with Crippen LogP contribution in [-0.4, -0.2) is 67.2 Å². The van der Waals surface area contributed by atoms with E-state index in [-0.39, 0.29) is 16.2 Å². The molecule has 0 amide bonds. The third-order valence-electron chi connectivity index (χ3n) is 6.26. The Kier molecular flexibility index (Phi) is 8.59. The van der Waals surface area contributed by atoms with Crippen LogP contribution in [0.2, 0.25) is 10.2 Å². The first-order valence-electron chi connectivity index (χ1n) is 11.6. The van der Waals surface area contributed by atoms with Gasteiger partial charge in [0.15, 0.2) is 0 Å². The summed E-state index contributed by atoms with van der Waals surface area (Å²) in [5.74, 6) is 0.753. The molecule has 1 aromatic heterocycles. The number of benzene rings is 2. The van der Waals surface area contributed by atoms with Crippen LogP contribution in [0.5, 0.6) is 5.75 Å². The number of aromatic nitrogens is 2. The third-order valence-corrected chi connectivity index (χ3v) is 9.09. The maximum Gasteiger partial charge on any atom is 0.248 e. The predicted molar refractivity (Wildman–Crippen MR) is 140 cm³/mol. The molecule has 1 saturated heterocycles. The molecule has 1 atom stereocenters. The summed E-state index contributed by atoms with van der Waals surface area (Å²) < 4.78 is 41.2. The summed E-state index contributed by atoms with van der Waals surface area (Å²) in [5, 5.41) is 4.95. The van der Waals surface area contributed by atoms with Gasteiger partial charge in [-0.3, -0.25) is 9.58 Å². The lowest BCUT2D eigenvalue weighted by atomic mass is 10.1. The van der Waals surface area contributed by atoms with Gasteiger partial charge < -0.3 is 9.47 Å². The smallest absolute Gasteiger partial charge is 0.248 e. The summed E-state index contributed by atoms with van der Waals surface area (Å²) in [6, 6.07) is 15.4. The summed E-state index contributed by atoms with van der Waals surface area (Å²) >= 11 is 12.4. The lowest BCUT2D eigenvalue weighted by Gasteiger charge is -2.35. The lowest BCUT2D eigenvalue weighted by Crippen LogP contribution is -2.49. The molecule has 2 heterocycles. The van der Waals surface area contributed by atoms with E-state index in [9.17, 15) is 8.42 Å². The molecule has 194 valence electrons. The molecule has 36 heavy (non-hydrogen) atoms. The van der Waals surface area contributed by atoms with E-state index in [0.29, 0.717) is 50.0 Å². The topological polar surface area (TPSA) is 76.9 Å². The van der Waals surface area contributed by atoms with E-state index in [1.54, 1.807) is 21.1 Å². The van der Waals surface area contributed by atoms with Gasteiger partial charge in [0, 0.05) is 44.8 Å². The number of methoxy groups -OCH3 is 1. The number of rotatable bonds is 9. The number of aryl methyl sites for hydroxylation is 2. The molecule has 0 unspecified atom stereocenters. The first-order chi connectivity index (χ1) is 17.2. The van der Waals surface area contributed by atoms with E-state index < -0.39 is 10.0 Å². The minimum Gasteiger partial charge on any atom is -0.497 e. The Bertz CT molecular complexity index is 1310. The molecule has 3 aromatic rings. The van der Waals surface area contributed by atoms with Gasteiger partial charge in [-0.15, -0.1) is 0 Å². The molecule has 4 rings (SSSR count). The fraction of sp³-hybridized carbons (Fsp3) is 0.400. The fourth-order valence-electron chi connectivity index (χ4n) is 4.34. The third kappa shape index (κ3) is 6.04. The molecule has 11 heteroatoms. The zero-order valence-corrected chi connectivity index (χ0v) is 22.9. The highest BCUT2D eigenvalue weighted by atomic mass is 35.5. The average molecular weight is 554 g/mol. The highest BCUT2D eigenvalue weighted by molar-refractivity contribution is 7.89. The number of hydrogen-bond donors (Lipinski definition) is 0. The molecule has 2 aromatic carbocycles. The van der Waals surface area contributed by atoms with E-state index in [4.69, 9.17) is 32.7 Å². The molecule has 1 aliphatic rings. The van der Waals surface area contributed by atoms with Crippen LogP contribution in [0.25, 0.3) is 0 Å². The van der Waals surface area contributed by atoms with Gasteiger partial charge in [-0.2, -0.15) is 9.40 Å². The van der Waals surface area contributed by atoms with Crippen molar-refractivity contribution in [3.8, 4) is 5.75 Å². The second-order valence-corrected chi connectivity index (χ2v) is 11.4. The van der Waals surface area contributed by atoms with Crippen molar-refractivity contribution >= 4 is 33.2 Å². The van der Waals surface area contributed by atoms with Crippen molar-refractivity contribution in [2.45, 2.75) is 24.5 Å². The average Bonchev–Trinajstić information content (AvgIpc) is 3.13. The fourth-order valence-corrected chi connectivity index (χ4v) is 6.68. The summed E-state index contributed by atoms with van der Waals surface area (Å²) in [6.45, 7) is 4.50. The van der Waals surface area contributed by atoms with Crippen LogP contribution in [0.1, 0.15) is 22.9 Å². The van der Waals surface area contributed by atoms with Crippen LogP contribution in [0, 0.1) is 6.92 Å². The van der Waals surface area contributed by atoms with E-state index in [1.165, 1.54) is 8.99 Å². The van der Waals surface area contributed by atoms with E-state index in [0.717, 1.165) is 16.9 Å². The Morgan fingerprint density at radius 2 is 1.78 bits per heavy atom. The number of piperazine rings is 1. The molecule has 0 bridgehead atoms. The largest absolute Gasteiger partial charge is 0.497 e.